The fraction of sp³-hybridized carbons (Fsp3) is 0.333. The molecule has 0 aliphatic rings. The van der Waals surface area contributed by atoms with Crippen LogP contribution >= 0.6 is 0 Å². The van der Waals surface area contributed by atoms with Gasteiger partial charge in [0.05, 0.1) is 24.1 Å². The normalized spacial score (nSPS) is 10.7. The molecule has 1 N–H and O–H groups in total. The van der Waals surface area contributed by atoms with Crippen molar-refractivity contribution in [1.29, 1.82) is 0 Å². The number of ether oxygens (including phenoxy) is 1. The van der Waals surface area contributed by atoms with Crippen LogP contribution in [0.15, 0.2) is 36.5 Å². The number of hydrogen-bond acceptors (Lipinski definition) is 5. The summed E-state index contributed by atoms with van der Waals surface area (Å²) in [7, 11) is 1.85. The van der Waals surface area contributed by atoms with E-state index in [9.17, 15) is 4.79 Å². The number of aromatic nitrogens is 5. The van der Waals surface area contributed by atoms with Gasteiger partial charge in [-0.3, -0.25) is 9.48 Å². The van der Waals surface area contributed by atoms with Gasteiger partial charge in [0, 0.05) is 7.05 Å². The number of aryl methyl sites for hydroxylation is 3. The summed E-state index contributed by atoms with van der Waals surface area (Å²) in [5.74, 6) is 0.642. The first kappa shape index (κ1) is 17.7. The smallest absolute Gasteiger partial charge is 0.242 e. The summed E-state index contributed by atoms with van der Waals surface area (Å²) in [6.45, 7) is 4.76. The summed E-state index contributed by atoms with van der Waals surface area (Å²) in [5, 5.41) is 15.1. The summed E-state index contributed by atoms with van der Waals surface area (Å²) >= 11 is 0. The van der Waals surface area contributed by atoms with Crippen LogP contribution in [0.3, 0.4) is 0 Å². The molecule has 1 amide bonds. The second-order valence-corrected chi connectivity index (χ2v) is 6.19. The predicted molar refractivity (Wildman–Crippen MR) is 95.3 cm³/mol. The van der Waals surface area contributed by atoms with Crippen molar-refractivity contribution in [3.05, 3.63) is 59.2 Å². The second kappa shape index (κ2) is 7.81. The van der Waals surface area contributed by atoms with Crippen molar-refractivity contribution in [2.45, 2.75) is 33.5 Å². The van der Waals surface area contributed by atoms with Gasteiger partial charge < -0.3 is 10.1 Å². The molecule has 0 atom stereocenters. The van der Waals surface area contributed by atoms with Crippen LogP contribution in [0.2, 0.25) is 0 Å². The Morgan fingerprint density at radius 2 is 2.12 bits per heavy atom. The molecule has 0 unspecified atom stereocenters. The highest BCUT2D eigenvalue weighted by atomic mass is 16.5. The standard InChI is InChI=1S/C18H22N6O2/c1-13-5-4-6-17(7-13)26-12-15-10-24(22-20-15)11-18(25)19-9-16-8-14(2)21-23(16)3/h4-8,10H,9,11-12H2,1-3H3,(H,19,25). The average Bonchev–Trinajstić information content (AvgIpc) is 3.17. The first-order valence-electron chi connectivity index (χ1n) is 8.34. The number of hydrogen-bond donors (Lipinski definition) is 1. The lowest BCUT2D eigenvalue weighted by molar-refractivity contribution is -0.122. The zero-order valence-corrected chi connectivity index (χ0v) is 15.1. The third kappa shape index (κ3) is 4.69. The molecule has 0 spiro atoms. The highest BCUT2D eigenvalue weighted by Gasteiger charge is 2.08. The van der Waals surface area contributed by atoms with Gasteiger partial charge in [-0.05, 0) is 37.6 Å². The molecule has 8 heteroatoms. The van der Waals surface area contributed by atoms with Gasteiger partial charge in [0.2, 0.25) is 5.91 Å². The average molecular weight is 354 g/mol. The topological polar surface area (TPSA) is 86.9 Å². The molecule has 2 heterocycles. The Labute approximate surface area is 151 Å². The van der Waals surface area contributed by atoms with Gasteiger partial charge >= 0.3 is 0 Å². The molecule has 26 heavy (non-hydrogen) atoms. The molecule has 0 fully saturated rings. The van der Waals surface area contributed by atoms with E-state index in [0.29, 0.717) is 18.8 Å². The van der Waals surface area contributed by atoms with Gasteiger partial charge in [0.1, 0.15) is 24.6 Å². The van der Waals surface area contributed by atoms with Crippen LogP contribution in [0.5, 0.6) is 5.75 Å². The minimum Gasteiger partial charge on any atom is -0.487 e. The van der Waals surface area contributed by atoms with Crippen LogP contribution in [0.25, 0.3) is 0 Å². The van der Waals surface area contributed by atoms with Gasteiger partial charge in [-0.2, -0.15) is 5.10 Å². The van der Waals surface area contributed by atoms with Crippen molar-refractivity contribution >= 4 is 5.91 Å². The number of nitrogens with zero attached hydrogens (tertiary/aromatic N) is 5. The fourth-order valence-electron chi connectivity index (χ4n) is 2.57. The maximum Gasteiger partial charge on any atom is 0.242 e. The summed E-state index contributed by atoms with van der Waals surface area (Å²) in [5.41, 5.74) is 3.67. The highest BCUT2D eigenvalue weighted by Crippen LogP contribution is 2.13. The van der Waals surface area contributed by atoms with Crippen LogP contribution in [0.4, 0.5) is 0 Å². The van der Waals surface area contributed by atoms with E-state index in [1.54, 1.807) is 10.9 Å². The van der Waals surface area contributed by atoms with Crippen LogP contribution in [-0.4, -0.2) is 30.7 Å². The van der Waals surface area contributed by atoms with E-state index in [2.05, 4.69) is 20.7 Å². The van der Waals surface area contributed by atoms with E-state index in [1.165, 1.54) is 4.68 Å². The highest BCUT2D eigenvalue weighted by molar-refractivity contribution is 5.75. The number of carbonyl (C=O) groups excluding carboxylic acids is 1. The molecular weight excluding hydrogens is 332 g/mol. The van der Waals surface area contributed by atoms with E-state index in [0.717, 1.165) is 22.7 Å². The van der Waals surface area contributed by atoms with Crippen molar-refractivity contribution < 1.29 is 9.53 Å². The molecular formula is C18H22N6O2. The fourth-order valence-corrected chi connectivity index (χ4v) is 2.57. The lowest BCUT2D eigenvalue weighted by Gasteiger charge is -2.05. The molecule has 2 aromatic heterocycles. The molecule has 0 aliphatic heterocycles. The Bertz CT molecular complexity index is 899. The summed E-state index contributed by atoms with van der Waals surface area (Å²) in [6.07, 6.45) is 1.71. The second-order valence-electron chi connectivity index (χ2n) is 6.19. The Hall–Kier alpha value is -3.16. The molecule has 0 bridgehead atoms. The number of nitrogens with one attached hydrogen (secondary N) is 1. The van der Waals surface area contributed by atoms with Gasteiger partial charge in [-0.1, -0.05) is 17.3 Å². The van der Waals surface area contributed by atoms with Crippen LogP contribution in [-0.2, 0) is 31.5 Å². The molecule has 8 nitrogen and oxygen atoms in total. The largest absolute Gasteiger partial charge is 0.487 e. The number of carbonyl (C=O) groups is 1. The Balaban J connectivity index is 1.48. The van der Waals surface area contributed by atoms with E-state index in [-0.39, 0.29) is 12.5 Å². The predicted octanol–water partition coefficient (Wildman–Crippen LogP) is 1.52. The number of benzene rings is 1. The van der Waals surface area contributed by atoms with Crippen LogP contribution in [0, 0.1) is 13.8 Å². The Kier molecular flexibility index (Phi) is 5.31. The van der Waals surface area contributed by atoms with E-state index in [4.69, 9.17) is 4.74 Å². The maximum absolute atomic E-state index is 12.1. The monoisotopic (exact) mass is 354 g/mol. The molecule has 136 valence electrons. The molecule has 1 aromatic carbocycles. The van der Waals surface area contributed by atoms with E-state index < -0.39 is 0 Å². The molecule has 0 radical (unpaired) electrons. The quantitative estimate of drug-likeness (QED) is 0.695. The molecule has 3 aromatic rings. The SMILES string of the molecule is Cc1cccc(OCc2cn(CC(=O)NCc3cc(C)nn3C)nn2)c1. The van der Waals surface area contributed by atoms with Crippen molar-refractivity contribution in [2.75, 3.05) is 0 Å². The van der Waals surface area contributed by atoms with Crippen molar-refractivity contribution in [1.82, 2.24) is 30.1 Å². The first-order valence-corrected chi connectivity index (χ1v) is 8.34. The summed E-state index contributed by atoms with van der Waals surface area (Å²) in [6, 6.07) is 9.74. The number of rotatable bonds is 7. The van der Waals surface area contributed by atoms with Gasteiger partial charge in [0.15, 0.2) is 0 Å². The molecule has 3 rings (SSSR count). The lowest BCUT2D eigenvalue weighted by atomic mass is 10.2. The summed E-state index contributed by atoms with van der Waals surface area (Å²) < 4.78 is 8.94. The number of amides is 1. The summed E-state index contributed by atoms with van der Waals surface area (Å²) in [4.78, 5) is 12.1. The third-order valence-electron chi connectivity index (χ3n) is 3.83. The van der Waals surface area contributed by atoms with E-state index >= 15 is 0 Å². The Morgan fingerprint density at radius 3 is 2.85 bits per heavy atom. The zero-order valence-electron chi connectivity index (χ0n) is 15.1. The van der Waals surface area contributed by atoms with Gasteiger partial charge in [-0.25, -0.2) is 4.68 Å². The molecule has 0 saturated carbocycles. The zero-order chi connectivity index (χ0) is 18.5. The van der Waals surface area contributed by atoms with Crippen molar-refractivity contribution in [3.63, 3.8) is 0 Å². The van der Waals surface area contributed by atoms with Gasteiger partial charge in [-0.15, -0.1) is 5.10 Å². The minimum absolute atomic E-state index is 0.105. The Morgan fingerprint density at radius 1 is 1.27 bits per heavy atom. The van der Waals surface area contributed by atoms with Crippen LogP contribution in [0.1, 0.15) is 22.6 Å². The molecule has 0 aliphatic carbocycles. The third-order valence-corrected chi connectivity index (χ3v) is 3.83. The van der Waals surface area contributed by atoms with Gasteiger partial charge in [0.25, 0.3) is 0 Å². The lowest BCUT2D eigenvalue weighted by Crippen LogP contribution is -2.28. The van der Waals surface area contributed by atoms with Crippen molar-refractivity contribution in [3.8, 4) is 5.75 Å². The minimum atomic E-state index is -0.139. The maximum atomic E-state index is 12.1. The van der Waals surface area contributed by atoms with E-state index in [1.807, 2.05) is 51.2 Å². The first-order chi connectivity index (χ1) is 12.5. The molecule has 0 saturated heterocycles. The van der Waals surface area contributed by atoms with Crippen LogP contribution < -0.4 is 10.1 Å². The van der Waals surface area contributed by atoms with Crippen molar-refractivity contribution in [2.24, 2.45) is 7.05 Å².